The molecule has 26 heavy (non-hydrogen) atoms. The zero-order valence-electron chi connectivity index (χ0n) is 17.7. The Bertz CT molecular complexity index is 1410. The minimum Gasteiger partial charge on any atom is -0.200 e. The molecule has 0 amide bonds. The van der Waals surface area contributed by atoms with Crippen LogP contribution in [0.25, 0.3) is 42.2 Å². The number of pyridine rings is 1. The third-order valence-corrected chi connectivity index (χ3v) is 6.32. The fourth-order valence-corrected chi connectivity index (χ4v) is 5.06. The van der Waals surface area contributed by atoms with E-state index in [1.165, 1.54) is 30.9 Å². The summed E-state index contributed by atoms with van der Waals surface area (Å²) in [6, 6.07) is 20.6. The summed E-state index contributed by atoms with van der Waals surface area (Å²) in [6.45, 7) is -0.102. The van der Waals surface area contributed by atoms with Crippen molar-refractivity contribution in [2.75, 3.05) is 0 Å². The standard InChI is InChI=1S/C24H20NS/c1-15-8-10-18(16(2)12-15)22-13-23-21(14-25(22)3)20-11-9-17-6-4-5-7-19(17)24(20)26-23/h4-14H,1-3H3/q+1/i1D3. The van der Waals surface area contributed by atoms with Crippen LogP contribution in [0.5, 0.6) is 0 Å². The van der Waals surface area contributed by atoms with Gasteiger partial charge in [0.1, 0.15) is 7.05 Å². The predicted octanol–water partition coefficient (Wildman–Crippen LogP) is 6.32. The first kappa shape index (κ1) is 12.6. The van der Waals surface area contributed by atoms with Crippen LogP contribution in [0.15, 0.2) is 66.9 Å². The van der Waals surface area contributed by atoms with E-state index in [4.69, 9.17) is 4.11 Å². The molecule has 0 unspecified atom stereocenters. The molecule has 0 spiro atoms. The largest absolute Gasteiger partial charge is 0.213 e. The summed E-state index contributed by atoms with van der Waals surface area (Å²) in [5.41, 5.74) is 3.50. The molecular weight excluding hydrogens is 334 g/mol. The minimum atomic E-state index is -2.08. The van der Waals surface area contributed by atoms with Gasteiger partial charge < -0.3 is 0 Å². The van der Waals surface area contributed by atoms with Crippen LogP contribution < -0.4 is 4.57 Å². The molecular formula is C24H20NS+. The van der Waals surface area contributed by atoms with Gasteiger partial charge in [-0.1, -0.05) is 54.1 Å². The molecule has 0 aliphatic rings. The lowest BCUT2D eigenvalue weighted by atomic mass is 10.0. The van der Waals surface area contributed by atoms with Crippen LogP contribution in [0.2, 0.25) is 0 Å². The molecule has 2 heterocycles. The topological polar surface area (TPSA) is 3.88 Å². The molecule has 0 saturated heterocycles. The van der Waals surface area contributed by atoms with Gasteiger partial charge in [-0.05, 0) is 36.2 Å². The minimum absolute atomic E-state index is 0.385. The Morgan fingerprint density at radius 1 is 0.923 bits per heavy atom. The van der Waals surface area contributed by atoms with Gasteiger partial charge in [0.05, 0.1) is 5.39 Å². The molecule has 0 fully saturated rings. The fraction of sp³-hybridized carbons (Fsp3) is 0.125. The second-order valence-electron chi connectivity index (χ2n) is 6.84. The number of rotatable bonds is 1. The van der Waals surface area contributed by atoms with Crippen LogP contribution in [0, 0.1) is 13.8 Å². The summed E-state index contributed by atoms with van der Waals surface area (Å²) in [6.07, 6.45) is 2.19. The van der Waals surface area contributed by atoms with Crippen molar-refractivity contribution in [1.29, 1.82) is 0 Å². The van der Waals surface area contributed by atoms with Crippen LogP contribution in [0.1, 0.15) is 15.2 Å². The van der Waals surface area contributed by atoms with Gasteiger partial charge in [0.25, 0.3) is 0 Å². The maximum Gasteiger partial charge on any atom is 0.213 e. The molecule has 0 aliphatic heterocycles. The number of aromatic nitrogens is 1. The Kier molecular flexibility index (Phi) is 2.74. The lowest BCUT2D eigenvalue weighted by molar-refractivity contribution is -0.659. The first-order valence-corrected chi connectivity index (χ1v) is 9.50. The summed E-state index contributed by atoms with van der Waals surface area (Å²) in [4.78, 5) is 0. The molecule has 3 aromatic carbocycles. The van der Waals surface area contributed by atoms with Crippen molar-refractivity contribution in [2.24, 2.45) is 7.05 Å². The van der Waals surface area contributed by atoms with Crippen molar-refractivity contribution < 1.29 is 8.68 Å². The second kappa shape index (κ2) is 5.65. The summed E-state index contributed by atoms with van der Waals surface area (Å²) >= 11 is 1.82. The average Bonchev–Trinajstić information content (AvgIpc) is 3.05. The summed E-state index contributed by atoms with van der Waals surface area (Å²) in [5, 5.41) is 5.07. The van der Waals surface area contributed by atoms with Crippen molar-refractivity contribution in [1.82, 2.24) is 0 Å². The normalized spacial score (nSPS) is 13.8. The molecule has 0 atom stereocenters. The number of thiophene rings is 1. The zero-order chi connectivity index (χ0) is 20.3. The van der Waals surface area contributed by atoms with E-state index < -0.39 is 6.85 Å². The van der Waals surface area contributed by atoms with E-state index in [1.807, 2.05) is 24.3 Å². The van der Waals surface area contributed by atoms with Crippen molar-refractivity contribution in [3.05, 3.63) is 78.0 Å². The van der Waals surface area contributed by atoms with Gasteiger partial charge in [-0.3, -0.25) is 0 Å². The van der Waals surface area contributed by atoms with E-state index >= 15 is 0 Å². The highest BCUT2D eigenvalue weighted by molar-refractivity contribution is 7.26. The van der Waals surface area contributed by atoms with Gasteiger partial charge in [0, 0.05) is 30.5 Å². The Labute approximate surface area is 161 Å². The number of benzene rings is 3. The molecule has 0 N–H and O–H groups in total. The van der Waals surface area contributed by atoms with Crippen LogP contribution in [-0.2, 0) is 7.05 Å². The Morgan fingerprint density at radius 2 is 1.81 bits per heavy atom. The fourth-order valence-electron chi connectivity index (χ4n) is 3.81. The quantitative estimate of drug-likeness (QED) is 0.309. The highest BCUT2D eigenvalue weighted by Gasteiger charge is 2.17. The van der Waals surface area contributed by atoms with E-state index in [1.54, 1.807) is 12.1 Å². The first-order valence-electron chi connectivity index (χ1n) is 10.2. The smallest absolute Gasteiger partial charge is 0.200 e. The molecule has 0 aliphatic carbocycles. The van der Waals surface area contributed by atoms with E-state index in [0.29, 0.717) is 5.56 Å². The molecule has 0 bridgehead atoms. The number of hydrogen-bond donors (Lipinski definition) is 0. The second-order valence-corrected chi connectivity index (χ2v) is 7.89. The van der Waals surface area contributed by atoms with Gasteiger partial charge in [-0.15, -0.1) is 11.3 Å². The molecule has 1 nitrogen and oxygen atoms in total. The maximum atomic E-state index is 7.65. The third-order valence-electron chi connectivity index (χ3n) is 5.12. The molecule has 126 valence electrons. The maximum absolute atomic E-state index is 7.65. The first-order chi connectivity index (χ1) is 13.8. The molecule has 0 saturated carbocycles. The van der Waals surface area contributed by atoms with Crippen LogP contribution in [-0.4, -0.2) is 0 Å². The molecule has 0 radical (unpaired) electrons. The van der Waals surface area contributed by atoms with Crippen molar-refractivity contribution in [2.45, 2.75) is 13.8 Å². The zero-order valence-corrected chi connectivity index (χ0v) is 15.5. The summed E-state index contributed by atoms with van der Waals surface area (Å²) < 4.78 is 27.6. The van der Waals surface area contributed by atoms with Crippen molar-refractivity contribution in [3.63, 3.8) is 0 Å². The van der Waals surface area contributed by atoms with Crippen molar-refractivity contribution in [3.8, 4) is 11.3 Å². The third kappa shape index (κ3) is 2.26. The van der Waals surface area contributed by atoms with Crippen LogP contribution >= 0.6 is 11.3 Å². The van der Waals surface area contributed by atoms with Crippen LogP contribution in [0.3, 0.4) is 0 Å². The monoisotopic (exact) mass is 357 g/mol. The number of fused-ring (bicyclic) bond motifs is 5. The molecule has 2 aromatic heterocycles. The lowest BCUT2D eigenvalue weighted by Crippen LogP contribution is -2.30. The molecule has 5 rings (SSSR count). The van der Waals surface area contributed by atoms with Crippen LogP contribution in [0.4, 0.5) is 0 Å². The molecule has 2 heteroatoms. The number of hydrogen-bond acceptors (Lipinski definition) is 1. The van der Waals surface area contributed by atoms with E-state index in [9.17, 15) is 0 Å². The number of aryl methyl sites for hydroxylation is 3. The summed E-state index contributed by atoms with van der Waals surface area (Å²) in [5.74, 6) is 0. The average molecular weight is 358 g/mol. The summed E-state index contributed by atoms with van der Waals surface area (Å²) in [7, 11) is 2.05. The Morgan fingerprint density at radius 3 is 2.65 bits per heavy atom. The van der Waals surface area contributed by atoms with Gasteiger partial charge in [0.2, 0.25) is 5.69 Å². The van der Waals surface area contributed by atoms with E-state index in [0.717, 1.165) is 16.8 Å². The van der Waals surface area contributed by atoms with Gasteiger partial charge in [-0.2, -0.15) is 0 Å². The van der Waals surface area contributed by atoms with Gasteiger partial charge in [0.15, 0.2) is 6.20 Å². The van der Waals surface area contributed by atoms with E-state index in [-0.39, 0.29) is 0 Å². The van der Waals surface area contributed by atoms with E-state index in [2.05, 4.69) is 60.3 Å². The lowest BCUT2D eigenvalue weighted by Gasteiger charge is -2.05. The van der Waals surface area contributed by atoms with Crippen molar-refractivity contribution >= 4 is 42.3 Å². The Balaban J connectivity index is 1.75. The highest BCUT2D eigenvalue weighted by Crippen LogP contribution is 2.39. The number of nitrogens with zero attached hydrogens (tertiary/aromatic N) is 1. The molecule has 5 aromatic rings. The Hall–Kier alpha value is -2.71. The SMILES string of the molecule is [2H]C([2H])([2H])c1ccc(-c2cc3sc4c5ccccc5ccc4c3c[n+]2C)c(C)c1. The van der Waals surface area contributed by atoms with Gasteiger partial charge >= 0.3 is 0 Å². The van der Waals surface area contributed by atoms with Gasteiger partial charge in [-0.25, -0.2) is 4.57 Å². The highest BCUT2D eigenvalue weighted by atomic mass is 32.1. The predicted molar refractivity (Wildman–Crippen MR) is 113 cm³/mol.